The largest absolute Gasteiger partial charge is 0.381 e. The molecule has 1 aliphatic rings. The quantitative estimate of drug-likeness (QED) is 0.903. The van der Waals surface area contributed by atoms with Crippen LogP contribution in [0, 0.1) is 0 Å². The Morgan fingerprint density at radius 3 is 2.74 bits per heavy atom. The molecule has 98 valence electrons. The topological polar surface area (TPSA) is 15.3 Å². The summed E-state index contributed by atoms with van der Waals surface area (Å²) in [5, 5.41) is 3.16. The highest BCUT2D eigenvalue weighted by Crippen LogP contribution is 2.17. The molecule has 0 radical (unpaired) electrons. The van der Waals surface area contributed by atoms with Crippen LogP contribution in [0.2, 0.25) is 0 Å². The number of hydrogen-bond donors (Lipinski definition) is 1. The van der Waals surface area contributed by atoms with E-state index in [4.69, 9.17) is 6.85 Å². The highest BCUT2D eigenvalue weighted by atomic mass is 15.2. The van der Waals surface area contributed by atoms with Gasteiger partial charge in [-0.1, -0.05) is 48.5 Å². The molecule has 0 aromatic heterocycles. The summed E-state index contributed by atoms with van der Waals surface area (Å²) >= 11 is 0. The monoisotopic (exact) mass is 257 g/mol. The van der Waals surface area contributed by atoms with Crippen molar-refractivity contribution in [1.29, 1.82) is 0 Å². The second-order valence-corrected chi connectivity index (χ2v) is 4.85. The SMILES string of the molecule is [2H]c1c([2H])c([2H])c(NC2CCN(Cc3ccccc3)C2)c([2H])c1[2H]. The molecule has 0 saturated carbocycles. The zero-order chi connectivity index (χ0) is 17.3. The van der Waals surface area contributed by atoms with Gasteiger partial charge in [-0.05, 0) is 24.1 Å². The maximum Gasteiger partial charge on any atom is 0.0645 e. The van der Waals surface area contributed by atoms with E-state index >= 15 is 0 Å². The van der Waals surface area contributed by atoms with Gasteiger partial charge in [-0.15, -0.1) is 0 Å². The highest BCUT2D eigenvalue weighted by molar-refractivity contribution is 5.43. The van der Waals surface area contributed by atoms with E-state index in [1.165, 1.54) is 5.56 Å². The summed E-state index contributed by atoms with van der Waals surface area (Å²) in [5.41, 5.74) is 1.45. The normalized spacial score (nSPS) is 23.2. The average molecular weight is 257 g/mol. The van der Waals surface area contributed by atoms with Crippen molar-refractivity contribution in [3.63, 3.8) is 0 Å². The lowest BCUT2D eigenvalue weighted by molar-refractivity contribution is 0.328. The van der Waals surface area contributed by atoms with Crippen LogP contribution in [0.15, 0.2) is 60.5 Å². The van der Waals surface area contributed by atoms with Gasteiger partial charge in [0.05, 0.1) is 6.85 Å². The first-order chi connectivity index (χ1) is 11.5. The smallest absolute Gasteiger partial charge is 0.0645 e. The van der Waals surface area contributed by atoms with E-state index < -0.39 is 0 Å². The van der Waals surface area contributed by atoms with Crippen molar-refractivity contribution in [3.05, 3.63) is 66.1 Å². The van der Waals surface area contributed by atoms with Crippen LogP contribution < -0.4 is 5.32 Å². The minimum Gasteiger partial charge on any atom is -0.381 e. The van der Waals surface area contributed by atoms with Crippen molar-refractivity contribution < 1.29 is 6.85 Å². The molecule has 1 fully saturated rings. The lowest BCUT2D eigenvalue weighted by Gasteiger charge is -2.17. The number of anilines is 1. The fourth-order valence-electron chi connectivity index (χ4n) is 2.46. The van der Waals surface area contributed by atoms with Gasteiger partial charge in [0.15, 0.2) is 0 Å². The zero-order valence-corrected chi connectivity index (χ0v) is 10.7. The van der Waals surface area contributed by atoms with Crippen LogP contribution in [0.25, 0.3) is 0 Å². The van der Waals surface area contributed by atoms with E-state index in [0.717, 1.165) is 26.1 Å². The first-order valence-corrected chi connectivity index (χ1v) is 6.57. The second kappa shape index (κ2) is 5.89. The summed E-state index contributed by atoms with van der Waals surface area (Å²) in [7, 11) is 0. The zero-order valence-electron chi connectivity index (χ0n) is 15.7. The van der Waals surface area contributed by atoms with Crippen molar-refractivity contribution in [2.45, 2.75) is 19.0 Å². The number of hydrogen-bond acceptors (Lipinski definition) is 2. The third-order valence-electron chi connectivity index (χ3n) is 3.37. The van der Waals surface area contributed by atoms with Crippen LogP contribution >= 0.6 is 0 Å². The Balaban J connectivity index is 1.70. The minimum absolute atomic E-state index is 0.0808. The highest BCUT2D eigenvalue weighted by Gasteiger charge is 2.21. The molecule has 0 amide bonds. The van der Waals surface area contributed by atoms with Gasteiger partial charge in [0.25, 0.3) is 0 Å². The van der Waals surface area contributed by atoms with Crippen LogP contribution in [-0.2, 0) is 6.54 Å². The number of para-hydroxylation sites is 1. The van der Waals surface area contributed by atoms with E-state index in [2.05, 4.69) is 22.3 Å². The van der Waals surface area contributed by atoms with Gasteiger partial charge in [0, 0.05) is 31.4 Å². The Bertz CT molecular complexity index is 707. The predicted octanol–water partition coefficient (Wildman–Crippen LogP) is 3.37. The molecule has 1 atom stereocenters. The van der Waals surface area contributed by atoms with Crippen molar-refractivity contribution in [1.82, 2.24) is 4.90 Å². The molecule has 1 heterocycles. The molecule has 2 aromatic carbocycles. The maximum absolute atomic E-state index is 7.98. The first-order valence-electron chi connectivity index (χ1n) is 9.07. The van der Waals surface area contributed by atoms with E-state index in [1.807, 2.05) is 18.2 Å². The molecular formula is C17H20N2. The van der Waals surface area contributed by atoms with Crippen molar-refractivity contribution in [3.8, 4) is 0 Å². The number of benzene rings is 2. The summed E-state index contributed by atoms with van der Waals surface area (Å²) in [5.74, 6) is 0. The van der Waals surface area contributed by atoms with E-state index in [1.54, 1.807) is 0 Å². The van der Waals surface area contributed by atoms with Crippen LogP contribution in [0.4, 0.5) is 5.69 Å². The molecule has 3 rings (SSSR count). The fourth-order valence-corrected chi connectivity index (χ4v) is 2.46. The predicted molar refractivity (Wildman–Crippen MR) is 80.2 cm³/mol. The average Bonchev–Trinajstić information content (AvgIpc) is 3.03. The van der Waals surface area contributed by atoms with Crippen LogP contribution in [0.5, 0.6) is 0 Å². The van der Waals surface area contributed by atoms with Crippen molar-refractivity contribution >= 4 is 5.69 Å². The van der Waals surface area contributed by atoms with Gasteiger partial charge in [-0.25, -0.2) is 0 Å². The third-order valence-corrected chi connectivity index (χ3v) is 3.37. The lowest BCUT2D eigenvalue weighted by atomic mass is 10.2. The Morgan fingerprint density at radius 1 is 1.16 bits per heavy atom. The van der Waals surface area contributed by atoms with Gasteiger partial charge >= 0.3 is 0 Å². The Labute approximate surface area is 122 Å². The standard InChI is InChI=1S/C17H20N2/c1-3-7-15(8-4-1)13-19-12-11-17(14-19)18-16-9-5-2-6-10-16/h1-10,17-18H,11-14H2/i2D,5D,6D,9D,10D. The molecule has 2 heteroatoms. The number of nitrogens with zero attached hydrogens (tertiary/aromatic N) is 1. The van der Waals surface area contributed by atoms with E-state index in [-0.39, 0.29) is 41.9 Å². The molecule has 0 spiro atoms. The van der Waals surface area contributed by atoms with Crippen LogP contribution in [0.1, 0.15) is 18.8 Å². The van der Waals surface area contributed by atoms with Gasteiger partial charge < -0.3 is 5.32 Å². The molecule has 19 heavy (non-hydrogen) atoms. The molecule has 1 unspecified atom stereocenters. The second-order valence-electron chi connectivity index (χ2n) is 4.85. The molecule has 2 nitrogen and oxygen atoms in total. The molecular weight excluding hydrogens is 232 g/mol. The van der Waals surface area contributed by atoms with Crippen molar-refractivity contribution in [2.24, 2.45) is 0 Å². The van der Waals surface area contributed by atoms with E-state index in [0.29, 0.717) is 0 Å². The lowest BCUT2D eigenvalue weighted by Crippen LogP contribution is -2.25. The number of nitrogens with one attached hydrogen (secondary N) is 1. The molecule has 1 N–H and O–H groups in total. The van der Waals surface area contributed by atoms with Crippen molar-refractivity contribution in [2.75, 3.05) is 18.4 Å². The number of rotatable bonds is 4. The summed E-state index contributed by atoms with van der Waals surface area (Å²) in [6.07, 6.45) is 0.884. The molecule has 1 saturated heterocycles. The summed E-state index contributed by atoms with van der Waals surface area (Å²) in [6, 6.07) is 9.04. The Morgan fingerprint density at radius 2 is 1.95 bits per heavy atom. The van der Waals surface area contributed by atoms with Crippen LogP contribution in [0.3, 0.4) is 0 Å². The summed E-state index contributed by atoms with van der Waals surface area (Å²) < 4.78 is 39.1. The molecule has 0 aliphatic carbocycles. The van der Waals surface area contributed by atoms with Gasteiger partial charge in [-0.2, -0.15) is 0 Å². The summed E-state index contributed by atoms with van der Waals surface area (Å²) in [6.45, 7) is 2.57. The van der Waals surface area contributed by atoms with Gasteiger partial charge in [-0.3, -0.25) is 4.90 Å². The molecule has 2 aromatic rings. The molecule has 0 bridgehead atoms. The first kappa shape index (κ1) is 7.71. The minimum atomic E-state index is -0.354. The van der Waals surface area contributed by atoms with E-state index in [9.17, 15) is 0 Å². The fraction of sp³-hybridized carbons (Fsp3) is 0.294. The summed E-state index contributed by atoms with van der Waals surface area (Å²) in [4.78, 5) is 2.31. The van der Waals surface area contributed by atoms with Gasteiger partial charge in [0.2, 0.25) is 0 Å². The Kier molecular flexibility index (Phi) is 2.39. The van der Waals surface area contributed by atoms with Gasteiger partial charge in [0.1, 0.15) is 0 Å². The maximum atomic E-state index is 7.98. The Hall–Kier alpha value is -1.80. The molecule has 1 aliphatic heterocycles. The third kappa shape index (κ3) is 3.36. The number of likely N-dealkylation sites (tertiary alicyclic amines) is 1. The van der Waals surface area contributed by atoms with Crippen LogP contribution in [-0.4, -0.2) is 24.0 Å².